The first-order valence-electron chi connectivity index (χ1n) is 9.35. The first kappa shape index (κ1) is 20.3. The molecule has 4 rings (SSSR count). The molecule has 1 aromatic heterocycles. The average molecular weight is 423 g/mol. The number of nitrogens with zero attached hydrogens (tertiary/aromatic N) is 2. The van der Waals surface area contributed by atoms with Crippen molar-refractivity contribution in [1.29, 1.82) is 0 Å². The highest BCUT2D eigenvalue weighted by molar-refractivity contribution is 6.04. The molecule has 0 aliphatic heterocycles. The van der Waals surface area contributed by atoms with E-state index in [1.54, 1.807) is 42.5 Å². The fraction of sp³-hybridized carbons (Fsp3) is 0.0870. The van der Waals surface area contributed by atoms with Gasteiger partial charge in [-0.05, 0) is 48.5 Å². The summed E-state index contributed by atoms with van der Waals surface area (Å²) in [5.74, 6) is -1.93. The molecular weight excluding hydrogens is 407 g/mol. The predicted octanol–water partition coefficient (Wildman–Crippen LogP) is 5.19. The van der Waals surface area contributed by atoms with Crippen LogP contribution in [0.4, 0.5) is 18.9 Å². The third-order valence-electron chi connectivity index (χ3n) is 4.71. The van der Waals surface area contributed by atoms with Crippen molar-refractivity contribution < 1.29 is 22.8 Å². The number of para-hydroxylation sites is 2. The van der Waals surface area contributed by atoms with Gasteiger partial charge in [0.1, 0.15) is 0 Å². The summed E-state index contributed by atoms with van der Waals surface area (Å²) in [5, 5.41) is 2.71. The second-order valence-corrected chi connectivity index (χ2v) is 6.83. The molecule has 0 saturated carbocycles. The lowest BCUT2D eigenvalue weighted by atomic mass is 10.1. The van der Waals surface area contributed by atoms with Gasteiger partial charge >= 0.3 is 6.18 Å². The number of imidazole rings is 1. The Labute approximate surface area is 175 Å². The van der Waals surface area contributed by atoms with Crippen LogP contribution in [0.3, 0.4) is 0 Å². The van der Waals surface area contributed by atoms with Crippen molar-refractivity contribution in [2.24, 2.45) is 0 Å². The summed E-state index contributed by atoms with van der Waals surface area (Å²) < 4.78 is 41.1. The minimum atomic E-state index is -4.69. The molecule has 31 heavy (non-hydrogen) atoms. The standard InChI is InChI=1S/C23H16F3N3O2/c24-23(25,26)22-28-18-8-4-5-9-19(18)29(22)14-20(30)15-10-12-17(13-11-15)27-21(31)16-6-2-1-3-7-16/h1-13H,14H2,(H,27,31). The monoisotopic (exact) mass is 423 g/mol. The molecule has 5 nitrogen and oxygen atoms in total. The van der Waals surface area contributed by atoms with Gasteiger partial charge in [0.05, 0.1) is 17.6 Å². The number of benzene rings is 3. The molecule has 8 heteroatoms. The summed E-state index contributed by atoms with van der Waals surface area (Å²) in [6.45, 7) is -0.509. The molecule has 3 aromatic carbocycles. The summed E-state index contributed by atoms with van der Waals surface area (Å²) >= 11 is 0. The van der Waals surface area contributed by atoms with Crippen molar-refractivity contribution in [2.45, 2.75) is 12.7 Å². The molecule has 1 amide bonds. The Morgan fingerprint density at radius 3 is 2.16 bits per heavy atom. The largest absolute Gasteiger partial charge is 0.449 e. The second kappa shape index (κ2) is 8.06. The molecular formula is C23H16F3N3O2. The molecule has 0 bridgehead atoms. The van der Waals surface area contributed by atoms with Crippen molar-refractivity contribution >= 4 is 28.4 Å². The quantitative estimate of drug-likeness (QED) is 0.450. The van der Waals surface area contributed by atoms with Gasteiger partial charge in [-0.15, -0.1) is 0 Å². The SMILES string of the molecule is O=C(Cn1c(C(F)(F)F)nc2ccccc21)c1ccc(NC(=O)c2ccccc2)cc1. The average Bonchev–Trinajstić information content (AvgIpc) is 3.14. The highest BCUT2D eigenvalue weighted by Gasteiger charge is 2.38. The lowest BCUT2D eigenvalue weighted by Gasteiger charge is -2.11. The number of carbonyl (C=O) groups is 2. The van der Waals surface area contributed by atoms with Crippen LogP contribution in [0, 0.1) is 0 Å². The third kappa shape index (κ3) is 4.32. The van der Waals surface area contributed by atoms with Gasteiger partial charge in [0.15, 0.2) is 5.78 Å². The third-order valence-corrected chi connectivity index (χ3v) is 4.71. The number of rotatable bonds is 5. The van der Waals surface area contributed by atoms with Crippen molar-refractivity contribution in [3.8, 4) is 0 Å². The molecule has 0 atom stereocenters. The van der Waals surface area contributed by atoms with Gasteiger partial charge in [0.25, 0.3) is 5.91 Å². The van der Waals surface area contributed by atoms with Gasteiger partial charge < -0.3 is 9.88 Å². The van der Waals surface area contributed by atoms with Crippen molar-refractivity contribution in [1.82, 2.24) is 9.55 Å². The summed E-state index contributed by atoms with van der Waals surface area (Å²) in [7, 11) is 0. The molecule has 0 aliphatic rings. The molecule has 4 aromatic rings. The van der Waals surface area contributed by atoms with Crippen molar-refractivity contribution in [2.75, 3.05) is 5.32 Å². The number of aromatic nitrogens is 2. The zero-order chi connectivity index (χ0) is 22.0. The van der Waals surface area contributed by atoms with Gasteiger partial charge in [-0.2, -0.15) is 13.2 Å². The van der Waals surface area contributed by atoms with E-state index in [2.05, 4.69) is 10.3 Å². The fourth-order valence-corrected chi connectivity index (χ4v) is 3.22. The Morgan fingerprint density at radius 1 is 0.839 bits per heavy atom. The summed E-state index contributed by atoms with van der Waals surface area (Å²) in [6.07, 6.45) is -4.69. The van der Waals surface area contributed by atoms with Gasteiger partial charge in [0.2, 0.25) is 5.82 Å². The normalized spacial score (nSPS) is 11.5. The first-order valence-corrected chi connectivity index (χ1v) is 9.35. The first-order chi connectivity index (χ1) is 14.8. The Morgan fingerprint density at radius 2 is 1.48 bits per heavy atom. The van der Waals surface area contributed by atoms with Gasteiger partial charge in [-0.1, -0.05) is 30.3 Å². The fourth-order valence-electron chi connectivity index (χ4n) is 3.22. The smallest absolute Gasteiger partial charge is 0.322 e. The van der Waals surface area contributed by atoms with E-state index in [1.165, 1.54) is 36.4 Å². The van der Waals surface area contributed by atoms with Crippen LogP contribution >= 0.6 is 0 Å². The Kier molecular flexibility index (Phi) is 5.29. The number of anilines is 1. The van der Waals surface area contributed by atoms with Crippen LogP contribution in [0.1, 0.15) is 26.5 Å². The number of ketones is 1. The minimum Gasteiger partial charge on any atom is -0.322 e. The van der Waals surface area contributed by atoms with Crippen molar-refractivity contribution in [3.63, 3.8) is 0 Å². The number of halogens is 3. The van der Waals surface area contributed by atoms with E-state index >= 15 is 0 Å². The lowest BCUT2D eigenvalue weighted by Crippen LogP contribution is -2.19. The molecule has 0 saturated heterocycles. The van der Waals surface area contributed by atoms with E-state index in [0.717, 1.165) is 4.57 Å². The van der Waals surface area contributed by atoms with Crippen LogP contribution in [-0.2, 0) is 12.7 Å². The number of alkyl halides is 3. The Hall–Kier alpha value is -3.94. The molecule has 1 heterocycles. The number of fused-ring (bicyclic) bond motifs is 1. The van der Waals surface area contributed by atoms with E-state index in [0.29, 0.717) is 11.3 Å². The predicted molar refractivity (Wildman–Crippen MR) is 110 cm³/mol. The molecule has 0 aliphatic carbocycles. The van der Waals surface area contributed by atoms with Crippen LogP contribution < -0.4 is 5.32 Å². The topological polar surface area (TPSA) is 64.0 Å². The minimum absolute atomic E-state index is 0.168. The van der Waals surface area contributed by atoms with E-state index in [1.807, 2.05) is 0 Å². The maximum Gasteiger partial charge on any atom is 0.449 e. The lowest BCUT2D eigenvalue weighted by molar-refractivity contribution is -0.146. The number of hydrogen-bond acceptors (Lipinski definition) is 3. The maximum atomic E-state index is 13.4. The van der Waals surface area contributed by atoms with E-state index in [4.69, 9.17) is 0 Å². The van der Waals surface area contributed by atoms with Gasteiger partial charge in [-0.25, -0.2) is 4.98 Å². The van der Waals surface area contributed by atoms with E-state index in [9.17, 15) is 22.8 Å². The molecule has 1 N–H and O–H groups in total. The number of amides is 1. The van der Waals surface area contributed by atoms with Crippen LogP contribution in [0.5, 0.6) is 0 Å². The van der Waals surface area contributed by atoms with Crippen LogP contribution in [-0.4, -0.2) is 21.2 Å². The zero-order valence-electron chi connectivity index (χ0n) is 16.1. The van der Waals surface area contributed by atoms with Crippen molar-refractivity contribution in [3.05, 3.63) is 95.8 Å². The number of hydrogen-bond donors (Lipinski definition) is 1. The van der Waals surface area contributed by atoms with E-state index in [-0.39, 0.29) is 22.5 Å². The molecule has 0 radical (unpaired) electrons. The summed E-state index contributed by atoms with van der Waals surface area (Å²) in [4.78, 5) is 28.5. The van der Waals surface area contributed by atoms with Crippen LogP contribution in [0.15, 0.2) is 78.9 Å². The van der Waals surface area contributed by atoms with Gasteiger partial charge in [0, 0.05) is 16.8 Å². The maximum absolute atomic E-state index is 13.4. The van der Waals surface area contributed by atoms with Gasteiger partial charge in [-0.3, -0.25) is 9.59 Å². The second-order valence-electron chi connectivity index (χ2n) is 6.83. The van der Waals surface area contributed by atoms with E-state index < -0.39 is 24.3 Å². The molecule has 0 spiro atoms. The molecule has 0 unspecified atom stereocenters. The highest BCUT2D eigenvalue weighted by atomic mass is 19.4. The number of carbonyl (C=O) groups excluding carboxylic acids is 2. The zero-order valence-corrected chi connectivity index (χ0v) is 16.1. The summed E-state index contributed by atoms with van der Waals surface area (Å²) in [6, 6.07) is 20.8. The Bertz CT molecular complexity index is 1250. The Balaban J connectivity index is 1.54. The van der Waals surface area contributed by atoms with Crippen LogP contribution in [0.2, 0.25) is 0 Å². The number of Topliss-reactive ketones (excluding diaryl/α,β-unsaturated/α-hetero) is 1. The highest BCUT2D eigenvalue weighted by Crippen LogP contribution is 2.31. The van der Waals surface area contributed by atoms with Crippen LogP contribution in [0.25, 0.3) is 11.0 Å². The summed E-state index contributed by atoms with van der Waals surface area (Å²) in [5.41, 5.74) is 1.57. The molecule has 0 fully saturated rings. The number of nitrogens with one attached hydrogen (secondary N) is 1. The molecule has 156 valence electrons.